The first-order valence-corrected chi connectivity index (χ1v) is 8.21. The van der Waals surface area contributed by atoms with Gasteiger partial charge in [0.15, 0.2) is 0 Å². The van der Waals surface area contributed by atoms with E-state index in [1.165, 1.54) is 21.4 Å². The predicted octanol–water partition coefficient (Wildman–Crippen LogP) is 6.02. The molecule has 0 aliphatic carbocycles. The zero-order valence-corrected chi connectivity index (χ0v) is 13.5. The van der Waals surface area contributed by atoms with Crippen molar-refractivity contribution in [2.75, 3.05) is 0 Å². The highest BCUT2D eigenvalue weighted by atomic mass is 32.2. The summed E-state index contributed by atoms with van der Waals surface area (Å²) >= 11 is 1.84. The van der Waals surface area contributed by atoms with E-state index in [2.05, 4.69) is 69.3 Å². The lowest BCUT2D eigenvalue weighted by molar-refractivity contribution is 0.585. The summed E-state index contributed by atoms with van der Waals surface area (Å²) in [5.41, 5.74) is 3.84. The molecule has 3 rings (SSSR count). The van der Waals surface area contributed by atoms with Crippen LogP contribution in [0, 0.1) is 0 Å². The fraction of sp³-hybridized carbons (Fsp3) is 0.263. The minimum Gasteiger partial charge on any atom is -0.463 e. The molecule has 0 spiro atoms. The van der Waals surface area contributed by atoms with Crippen molar-refractivity contribution in [1.29, 1.82) is 0 Å². The molecule has 0 aliphatic heterocycles. The molecule has 0 bridgehead atoms. The summed E-state index contributed by atoms with van der Waals surface area (Å²) in [5, 5.41) is 1.19. The Morgan fingerprint density at radius 3 is 2.48 bits per heavy atom. The van der Waals surface area contributed by atoms with E-state index < -0.39 is 0 Å². The largest absolute Gasteiger partial charge is 0.463 e. The van der Waals surface area contributed by atoms with Crippen LogP contribution in [-0.2, 0) is 11.2 Å². The Kier molecular flexibility index (Phi) is 3.81. The van der Waals surface area contributed by atoms with Gasteiger partial charge in [0.1, 0.15) is 5.58 Å². The van der Waals surface area contributed by atoms with Crippen molar-refractivity contribution in [3.05, 3.63) is 65.9 Å². The maximum Gasteiger partial charge on any atom is 0.147 e. The van der Waals surface area contributed by atoms with Crippen molar-refractivity contribution in [3.63, 3.8) is 0 Å². The number of hydrogen-bond donors (Lipinski definition) is 0. The lowest BCUT2D eigenvalue weighted by Gasteiger charge is -2.20. The van der Waals surface area contributed by atoms with Crippen LogP contribution in [0.4, 0.5) is 0 Å². The van der Waals surface area contributed by atoms with Gasteiger partial charge < -0.3 is 4.42 Å². The van der Waals surface area contributed by atoms with Crippen LogP contribution in [-0.4, -0.2) is 0 Å². The molecule has 0 aliphatic rings. The standard InChI is InChI=1S/C19H20OS/c1-19(2,3)16-11-15-9-10-20-18(15)17(12-16)21-13-14-7-5-4-6-8-14/h4-12H,13H2,1-3H3. The highest BCUT2D eigenvalue weighted by Gasteiger charge is 2.17. The van der Waals surface area contributed by atoms with E-state index in [1.54, 1.807) is 6.26 Å². The molecule has 0 atom stereocenters. The summed E-state index contributed by atoms with van der Waals surface area (Å²) < 4.78 is 5.68. The fourth-order valence-corrected chi connectivity index (χ4v) is 3.35. The Bertz CT molecular complexity index is 735. The van der Waals surface area contributed by atoms with E-state index >= 15 is 0 Å². The molecule has 108 valence electrons. The molecule has 1 nitrogen and oxygen atoms in total. The van der Waals surface area contributed by atoms with Gasteiger partial charge in [-0.05, 0) is 34.7 Å². The second-order valence-electron chi connectivity index (χ2n) is 6.34. The maximum absolute atomic E-state index is 5.68. The normalized spacial score (nSPS) is 12.0. The molecule has 0 amide bonds. The average molecular weight is 296 g/mol. The van der Waals surface area contributed by atoms with Gasteiger partial charge in [0.05, 0.1) is 11.2 Å². The number of rotatable bonds is 3. The van der Waals surface area contributed by atoms with Gasteiger partial charge in [-0.25, -0.2) is 0 Å². The van der Waals surface area contributed by atoms with Crippen molar-refractivity contribution in [1.82, 2.24) is 0 Å². The number of hydrogen-bond acceptors (Lipinski definition) is 2. The Hall–Kier alpha value is -1.67. The van der Waals surface area contributed by atoms with Crippen LogP contribution in [0.15, 0.2) is 64.1 Å². The van der Waals surface area contributed by atoms with Crippen LogP contribution >= 0.6 is 11.8 Å². The SMILES string of the molecule is CC(C)(C)c1cc(SCc2ccccc2)c2occc2c1. The van der Waals surface area contributed by atoms with Crippen molar-refractivity contribution >= 4 is 22.7 Å². The summed E-state index contributed by atoms with van der Waals surface area (Å²) in [6, 6.07) is 17.1. The third-order valence-electron chi connectivity index (χ3n) is 3.62. The monoisotopic (exact) mass is 296 g/mol. The molecule has 1 heterocycles. The van der Waals surface area contributed by atoms with E-state index in [0.717, 1.165) is 11.3 Å². The van der Waals surface area contributed by atoms with Crippen molar-refractivity contribution in [3.8, 4) is 0 Å². The first-order valence-electron chi connectivity index (χ1n) is 7.22. The third-order valence-corrected chi connectivity index (χ3v) is 4.71. The molecule has 2 heteroatoms. The second-order valence-corrected chi connectivity index (χ2v) is 7.35. The quantitative estimate of drug-likeness (QED) is 0.548. The fourth-order valence-electron chi connectivity index (χ4n) is 2.32. The molecule has 0 fully saturated rings. The van der Waals surface area contributed by atoms with E-state index in [0.29, 0.717) is 0 Å². The molecule has 21 heavy (non-hydrogen) atoms. The summed E-state index contributed by atoms with van der Waals surface area (Å²) in [5.74, 6) is 0.963. The molecule has 2 aromatic carbocycles. The van der Waals surface area contributed by atoms with Crippen LogP contribution in [0.25, 0.3) is 11.0 Å². The van der Waals surface area contributed by atoms with Crippen LogP contribution in [0.1, 0.15) is 31.9 Å². The maximum atomic E-state index is 5.68. The zero-order valence-electron chi connectivity index (χ0n) is 12.7. The molecular formula is C19H20OS. The van der Waals surface area contributed by atoms with Crippen LogP contribution < -0.4 is 0 Å². The van der Waals surface area contributed by atoms with Gasteiger partial charge >= 0.3 is 0 Å². The van der Waals surface area contributed by atoms with E-state index in [-0.39, 0.29) is 5.41 Å². The number of benzene rings is 2. The van der Waals surface area contributed by atoms with Gasteiger partial charge in [-0.1, -0.05) is 51.1 Å². The number of furan rings is 1. The lowest BCUT2D eigenvalue weighted by atomic mass is 9.86. The van der Waals surface area contributed by atoms with Gasteiger partial charge in [0, 0.05) is 11.1 Å². The average Bonchev–Trinajstić information content (AvgIpc) is 2.93. The molecule has 0 saturated heterocycles. The van der Waals surface area contributed by atoms with Crippen molar-refractivity contribution < 1.29 is 4.42 Å². The van der Waals surface area contributed by atoms with Gasteiger partial charge in [0.25, 0.3) is 0 Å². The molecule has 0 N–H and O–H groups in total. The summed E-state index contributed by atoms with van der Waals surface area (Å²) in [4.78, 5) is 1.23. The Morgan fingerprint density at radius 1 is 1.00 bits per heavy atom. The zero-order chi connectivity index (χ0) is 14.9. The molecule has 1 aromatic heterocycles. The number of thioether (sulfide) groups is 1. The number of fused-ring (bicyclic) bond motifs is 1. The van der Waals surface area contributed by atoms with E-state index in [9.17, 15) is 0 Å². The third kappa shape index (κ3) is 3.16. The summed E-state index contributed by atoms with van der Waals surface area (Å²) in [6.07, 6.45) is 1.78. The van der Waals surface area contributed by atoms with Crippen LogP contribution in [0.5, 0.6) is 0 Å². The van der Waals surface area contributed by atoms with Crippen molar-refractivity contribution in [2.24, 2.45) is 0 Å². The molecule has 0 saturated carbocycles. The van der Waals surface area contributed by atoms with E-state index in [1.807, 2.05) is 11.8 Å². The molecular weight excluding hydrogens is 276 g/mol. The first-order chi connectivity index (χ1) is 10.0. The van der Waals surface area contributed by atoms with E-state index in [4.69, 9.17) is 4.42 Å². The minimum absolute atomic E-state index is 0.146. The lowest BCUT2D eigenvalue weighted by Crippen LogP contribution is -2.10. The van der Waals surface area contributed by atoms with Gasteiger partial charge in [0.2, 0.25) is 0 Å². The highest BCUT2D eigenvalue weighted by Crippen LogP contribution is 2.35. The molecule has 3 aromatic rings. The summed E-state index contributed by atoms with van der Waals surface area (Å²) in [6.45, 7) is 6.75. The second kappa shape index (κ2) is 5.61. The molecule has 0 unspecified atom stereocenters. The topological polar surface area (TPSA) is 13.1 Å². The van der Waals surface area contributed by atoms with Crippen LogP contribution in [0.3, 0.4) is 0 Å². The Labute approximate surface area is 130 Å². The predicted molar refractivity (Wildman–Crippen MR) is 90.9 cm³/mol. The van der Waals surface area contributed by atoms with Gasteiger partial charge in [-0.15, -0.1) is 11.8 Å². The van der Waals surface area contributed by atoms with Crippen LogP contribution in [0.2, 0.25) is 0 Å². The minimum atomic E-state index is 0.146. The summed E-state index contributed by atoms with van der Waals surface area (Å²) in [7, 11) is 0. The molecule has 0 radical (unpaired) electrons. The Morgan fingerprint density at radius 2 is 1.76 bits per heavy atom. The van der Waals surface area contributed by atoms with Gasteiger partial charge in [-0.2, -0.15) is 0 Å². The van der Waals surface area contributed by atoms with Crippen molar-refractivity contribution in [2.45, 2.75) is 36.8 Å². The Balaban J connectivity index is 1.95. The highest BCUT2D eigenvalue weighted by molar-refractivity contribution is 7.98. The first kappa shape index (κ1) is 14.3. The van der Waals surface area contributed by atoms with Gasteiger partial charge in [-0.3, -0.25) is 0 Å². The smallest absolute Gasteiger partial charge is 0.147 e.